The summed E-state index contributed by atoms with van der Waals surface area (Å²) in [5.41, 5.74) is -16.4. The predicted octanol–water partition coefficient (Wildman–Crippen LogP) is 15.8. The zero-order chi connectivity index (χ0) is 57.7. The summed E-state index contributed by atoms with van der Waals surface area (Å²) in [5.74, 6) is -2.83. The van der Waals surface area contributed by atoms with Gasteiger partial charge < -0.3 is 19.7 Å². The van der Waals surface area contributed by atoms with Crippen molar-refractivity contribution in [2.75, 3.05) is 23.0 Å². The highest BCUT2D eigenvalue weighted by Gasteiger charge is 2.50. The molecule has 2 amide bonds. The number of nitrogens with zero attached hydrogens (tertiary/aromatic N) is 2. The number of alkyl halides is 18. The van der Waals surface area contributed by atoms with E-state index in [1.807, 2.05) is 0 Å². The Kier molecular flexibility index (Phi) is 17.2. The van der Waals surface area contributed by atoms with E-state index in [1.54, 1.807) is 13.8 Å². The Labute approximate surface area is 422 Å². The lowest BCUT2D eigenvalue weighted by Gasteiger charge is -2.45. The van der Waals surface area contributed by atoms with Gasteiger partial charge in [-0.05, 0) is 148 Å². The summed E-state index contributed by atoms with van der Waals surface area (Å²) in [6, 6.07) is 4.24. The number of fused-ring (bicyclic) bond motifs is 2. The normalized spacial score (nSPS) is 20.1. The highest BCUT2D eigenvalue weighted by Crippen LogP contribution is 2.53. The Bertz CT molecular complexity index is 2490. The van der Waals surface area contributed by atoms with Crippen molar-refractivity contribution in [3.8, 4) is 0 Å². The van der Waals surface area contributed by atoms with E-state index in [2.05, 4.69) is 0 Å². The molecule has 2 heterocycles. The van der Waals surface area contributed by atoms with Gasteiger partial charge in [-0.25, -0.2) is 9.59 Å². The summed E-state index contributed by atoms with van der Waals surface area (Å²) in [6.07, 6.45) is -32.5. The third kappa shape index (κ3) is 12.9. The van der Waals surface area contributed by atoms with Crippen LogP contribution in [0, 0.1) is 0 Å². The largest absolute Gasteiger partial charge is 0.449 e. The number of halogens is 18. The first-order valence-electron chi connectivity index (χ1n) is 23.0. The summed E-state index contributed by atoms with van der Waals surface area (Å²) in [7, 11) is 0. The Balaban J connectivity index is 0.000000281. The standard InChI is InChI=1S/2C25H24F9NO3/c2*1-4-17-12-19(18-11-13(23(26,27)28)6-7-20(18)35(17)21(36)38-5-2)22(3,37)14-8-15(24(29,30)31)10-16(9-14)25(32,33)34/h2*6-11,17,19,37H,4-5,12H2,1-3H3/t17-,19-,22+;17-,19-,22-/m11/s1. The van der Waals surface area contributed by atoms with E-state index in [0.29, 0.717) is 48.5 Å². The van der Waals surface area contributed by atoms with Crippen molar-refractivity contribution < 1.29 is 108 Å². The molecule has 4 aromatic carbocycles. The lowest BCUT2D eigenvalue weighted by atomic mass is 9.71. The summed E-state index contributed by atoms with van der Waals surface area (Å²) in [5, 5.41) is 23.0. The lowest BCUT2D eigenvalue weighted by molar-refractivity contribution is -0.145. The average Bonchev–Trinajstić information content (AvgIpc) is 3.30. The van der Waals surface area contributed by atoms with Gasteiger partial charge in [0.25, 0.3) is 0 Å². The van der Waals surface area contributed by atoms with E-state index in [4.69, 9.17) is 9.47 Å². The molecule has 0 radical (unpaired) electrons. The second-order valence-electron chi connectivity index (χ2n) is 18.3. The Morgan fingerprint density at radius 2 is 0.684 bits per heavy atom. The number of hydrogen-bond donors (Lipinski definition) is 2. The smallest absolute Gasteiger partial charge is 0.416 e. The molecular weight excluding hydrogens is 1070 g/mol. The van der Waals surface area contributed by atoms with Crippen LogP contribution in [0.1, 0.15) is 135 Å². The van der Waals surface area contributed by atoms with Gasteiger partial charge in [0.2, 0.25) is 0 Å². The zero-order valence-electron chi connectivity index (χ0n) is 40.7. The van der Waals surface area contributed by atoms with Crippen LogP contribution >= 0.6 is 0 Å². The first kappa shape index (κ1) is 60.9. The maximum atomic E-state index is 13.6. The van der Waals surface area contributed by atoms with Crippen LogP contribution in [0.3, 0.4) is 0 Å². The maximum Gasteiger partial charge on any atom is 0.416 e. The van der Waals surface area contributed by atoms with Crippen molar-refractivity contribution in [2.24, 2.45) is 0 Å². The molecule has 8 nitrogen and oxygen atoms in total. The van der Waals surface area contributed by atoms with Crippen molar-refractivity contribution >= 4 is 23.6 Å². The molecule has 0 aromatic heterocycles. The molecule has 26 heteroatoms. The fourth-order valence-corrected chi connectivity index (χ4v) is 9.40. The van der Waals surface area contributed by atoms with Gasteiger partial charge in [0.15, 0.2) is 0 Å². The number of amides is 2. The zero-order valence-corrected chi connectivity index (χ0v) is 40.7. The van der Waals surface area contributed by atoms with Crippen molar-refractivity contribution in [3.05, 3.63) is 128 Å². The number of aliphatic hydroxyl groups is 2. The molecule has 420 valence electrons. The number of hydrogen-bond acceptors (Lipinski definition) is 6. The Morgan fingerprint density at radius 1 is 0.434 bits per heavy atom. The van der Waals surface area contributed by atoms with Gasteiger partial charge in [-0.2, -0.15) is 79.0 Å². The number of benzene rings is 4. The van der Waals surface area contributed by atoms with Crippen molar-refractivity contribution in [3.63, 3.8) is 0 Å². The van der Waals surface area contributed by atoms with Crippen LogP contribution in [0.25, 0.3) is 0 Å². The molecule has 0 saturated heterocycles. The van der Waals surface area contributed by atoms with Gasteiger partial charge in [-0.15, -0.1) is 0 Å². The summed E-state index contributed by atoms with van der Waals surface area (Å²) in [4.78, 5) is 27.6. The minimum Gasteiger partial charge on any atom is -0.449 e. The maximum absolute atomic E-state index is 13.6. The van der Waals surface area contributed by atoms with E-state index < -0.39 is 129 Å². The summed E-state index contributed by atoms with van der Waals surface area (Å²) in [6.45, 7) is 8.05. The van der Waals surface area contributed by atoms with Crippen LogP contribution in [0.4, 0.5) is 100.0 Å². The number of carbonyl (C=O) groups is 2. The second kappa shape index (κ2) is 21.5. The van der Waals surface area contributed by atoms with Gasteiger partial charge >= 0.3 is 49.2 Å². The van der Waals surface area contributed by atoms with Crippen LogP contribution < -0.4 is 9.80 Å². The number of ether oxygens (including phenoxy) is 2. The van der Waals surface area contributed by atoms with Gasteiger partial charge in [0, 0.05) is 23.9 Å². The molecule has 0 unspecified atom stereocenters. The molecule has 76 heavy (non-hydrogen) atoms. The van der Waals surface area contributed by atoms with E-state index in [0.717, 1.165) is 35.8 Å². The first-order chi connectivity index (χ1) is 34.6. The highest BCUT2D eigenvalue weighted by molar-refractivity contribution is 5.91. The minimum absolute atomic E-state index is 0.0622. The summed E-state index contributed by atoms with van der Waals surface area (Å²) >= 11 is 0. The lowest BCUT2D eigenvalue weighted by Crippen LogP contribution is -2.48. The molecule has 2 aliphatic rings. The molecule has 0 aliphatic carbocycles. The third-order valence-electron chi connectivity index (χ3n) is 13.3. The van der Waals surface area contributed by atoms with Gasteiger partial charge in [0.1, 0.15) is 0 Å². The number of carbonyl (C=O) groups excluding carboxylic acids is 2. The molecular formula is C50H48F18N2O6. The van der Waals surface area contributed by atoms with Gasteiger partial charge in [-0.1, -0.05) is 13.8 Å². The number of rotatable bonds is 8. The van der Waals surface area contributed by atoms with E-state index in [1.165, 1.54) is 13.8 Å². The minimum atomic E-state index is -5.20. The molecule has 6 rings (SSSR count). The molecule has 2 aliphatic heterocycles. The fraction of sp³-hybridized carbons (Fsp3) is 0.480. The van der Waals surface area contributed by atoms with E-state index >= 15 is 0 Å². The van der Waals surface area contributed by atoms with Gasteiger partial charge in [0.05, 0.1) is 69.2 Å². The van der Waals surface area contributed by atoms with Crippen LogP contribution in [-0.4, -0.2) is 47.7 Å². The van der Waals surface area contributed by atoms with Crippen molar-refractivity contribution in [1.82, 2.24) is 0 Å². The second-order valence-corrected chi connectivity index (χ2v) is 18.3. The van der Waals surface area contributed by atoms with Crippen molar-refractivity contribution in [1.29, 1.82) is 0 Å². The fourth-order valence-electron chi connectivity index (χ4n) is 9.40. The third-order valence-corrected chi connectivity index (χ3v) is 13.3. The molecule has 0 fully saturated rings. The van der Waals surface area contributed by atoms with Crippen LogP contribution in [0.15, 0.2) is 72.8 Å². The summed E-state index contributed by atoms with van der Waals surface area (Å²) < 4.78 is 253. The average molecular weight is 1110 g/mol. The van der Waals surface area contributed by atoms with Crippen molar-refractivity contribution in [2.45, 2.75) is 139 Å². The Morgan fingerprint density at radius 3 is 0.908 bits per heavy atom. The molecule has 0 spiro atoms. The predicted molar refractivity (Wildman–Crippen MR) is 237 cm³/mol. The topological polar surface area (TPSA) is 99.5 Å². The monoisotopic (exact) mass is 1110 g/mol. The molecule has 4 aromatic rings. The molecule has 6 atom stereocenters. The Hall–Kier alpha value is -5.92. The van der Waals surface area contributed by atoms with Crippen LogP contribution in [0.2, 0.25) is 0 Å². The van der Waals surface area contributed by atoms with Gasteiger partial charge in [-0.3, -0.25) is 9.80 Å². The SMILES string of the molecule is CCOC(=O)N1c2ccc(C(F)(F)F)cc2[C@H]([C@@](C)(O)c2cc(C(F)(F)F)cc(C(F)(F)F)c2)C[C@H]1CC.CCOC(=O)N1c2ccc(C(F)(F)F)cc2[C@H]([C@](C)(O)c2cc(C(F)(F)F)cc(C(F)(F)F)c2)C[C@H]1CC. The molecule has 0 saturated carbocycles. The van der Waals surface area contributed by atoms with Crippen LogP contribution in [-0.2, 0) is 57.7 Å². The van der Waals surface area contributed by atoms with E-state index in [9.17, 15) is 98.8 Å². The first-order valence-corrected chi connectivity index (χ1v) is 23.0. The number of anilines is 2. The highest BCUT2D eigenvalue weighted by atomic mass is 19.4. The quantitative estimate of drug-likeness (QED) is 0.171. The van der Waals surface area contributed by atoms with E-state index in [-0.39, 0.29) is 73.5 Å². The molecule has 0 bridgehead atoms. The van der Waals surface area contributed by atoms with Crippen LogP contribution in [0.5, 0.6) is 0 Å². The molecule has 2 N–H and O–H groups in total.